The summed E-state index contributed by atoms with van der Waals surface area (Å²) in [6.45, 7) is 3.13. The van der Waals surface area contributed by atoms with Crippen LogP contribution in [-0.2, 0) is 9.53 Å². The van der Waals surface area contributed by atoms with Crippen molar-refractivity contribution in [2.75, 3.05) is 25.6 Å². The third-order valence-corrected chi connectivity index (χ3v) is 3.16. The van der Waals surface area contributed by atoms with Crippen LogP contribution in [0.5, 0.6) is 0 Å². The van der Waals surface area contributed by atoms with Crippen molar-refractivity contribution in [2.45, 2.75) is 19.4 Å². The lowest BCUT2D eigenvalue weighted by Crippen LogP contribution is -2.38. The molecule has 0 saturated heterocycles. The van der Waals surface area contributed by atoms with Crippen molar-refractivity contribution >= 4 is 27.5 Å². The second-order valence-electron chi connectivity index (χ2n) is 3.98. The van der Waals surface area contributed by atoms with E-state index >= 15 is 0 Å². The normalized spacial score (nSPS) is 11.9. The molecule has 0 radical (unpaired) electrons. The number of nitrogens with one attached hydrogen (secondary N) is 2. The second-order valence-corrected chi connectivity index (χ2v) is 4.84. The number of hydrogen-bond acceptors (Lipinski definition) is 3. The van der Waals surface area contributed by atoms with Crippen molar-refractivity contribution < 1.29 is 9.53 Å². The van der Waals surface area contributed by atoms with Crippen LogP contribution in [0.15, 0.2) is 28.7 Å². The van der Waals surface area contributed by atoms with E-state index in [0.717, 1.165) is 16.6 Å². The largest absolute Gasteiger partial charge is 0.385 e. The SMILES string of the molecule is COCCCNC(=O)C(C)Nc1ccccc1Br. The lowest BCUT2D eigenvalue weighted by molar-refractivity contribution is -0.121. The first-order valence-electron chi connectivity index (χ1n) is 5.93. The topological polar surface area (TPSA) is 50.4 Å². The zero-order valence-electron chi connectivity index (χ0n) is 10.7. The summed E-state index contributed by atoms with van der Waals surface area (Å²) in [7, 11) is 1.65. The molecule has 1 aromatic carbocycles. The summed E-state index contributed by atoms with van der Waals surface area (Å²) in [5.41, 5.74) is 0.914. The zero-order valence-corrected chi connectivity index (χ0v) is 12.3. The van der Waals surface area contributed by atoms with Gasteiger partial charge >= 0.3 is 0 Å². The Hall–Kier alpha value is -1.07. The van der Waals surface area contributed by atoms with Gasteiger partial charge in [0.2, 0.25) is 5.91 Å². The third kappa shape index (κ3) is 5.06. The van der Waals surface area contributed by atoms with Crippen LogP contribution in [0.25, 0.3) is 0 Å². The van der Waals surface area contributed by atoms with Gasteiger partial charge in [0, 0.05) is 30.4 Å². The van der Waals surface area contributed by atoms with E-state index in [2.05, 4.69) is 26.6 Å². The maximum Gasteiger partial charge on any atom is 0.242 e. The number of carbonyl (C=O) groups excluding carboxylic acids is 1. The molecule has 1 aromatic rings. The summed E-state index contributed by atoms with van der Waals surface area (Å²) in [6.07, 6.45) is 0.823. The van der Waals surface area contributed by atoms with Gasteiger partial charge in [-0.15, -0.1) is 0 Å². The van der Waals surface area contributed by atoms with E-state index < -0.39 is 0 Å². The zero-order chi connectivity index (χ0) is 13.4. The molecule has 0 aliphatic carbocycles. The minimum Gasteiger partial charge on any atom is -0.385 e. The first kappa shape index (κ1) is 15.0. The van der Waals surface area contributed by atoms with Crippen LogP contribution < -0.4 is 10.6 Å². The van der Waals surface area contributed by atoms with Crippen LogP contribution in [0.1, 0.15) is 13.3 Å². The molecule has 1 atom stereocenters. The minimum absolute atomic E-state index is 0.0122. The molecule has 1 unspecified atom stereocenters. The lowest BCUT2D eigenvalue weighted by Gasteiger charge is -2.16. The molecule has 100 valence electrons. The molecule has 4 nitrogen and oxygen atoms in total. The Bertz CT molecular complexity index is 385. The van der Waals surface area contributed by atoms with E-state index in [1.807, 2.05) is 31.2 Å². The average Bonchev–Trinajstić information content (AvgIpc) is 2.37. The molecule has 18 heavy (non-hydrogen) atoms. The van der Waals surface area contributed by atoms with Crippen LogP contribution in [0.3, 0.4) is 0 Å². The molecule has 1 amide bonds. The number of carbonyl (C=O) groups is 1. The Morgan fingerprint density at radius 2 is 2.17 bits per heavy atom. The van der Waals surface area contributed by atoms with E-state index in [1.54, 1.807) is 7.11 Å². The van der Waals surface area contributed by atoms with Crippen molar-refractivity contribution in [2.24, 2.45) is 0 Å². The molecule has 0 aromatic heterocycles. The van der Waals surface area contributed by atoms with Crippen molar-refractivity contribution in [3.8, 4) is 0 Å². The number of hydrogen-bond donors (Lipinski definition) is 2. The van der Waals surface area contributed by atoms with Crippen LogP contribution in [-0.4, -0.2) is 32.2 Å². The van der Waals surface area contributed by atoms with Gasteiger partial charge in [0.1, 0.15) is 6.04 Å². The Balaban J connectivity index is 2.38. The molecule has 0 heterocycles. The molecule has 0 saturated carbocycles. The van der Waals surface area contributed by atoms with Crippen molar-refractivity contribution in [1.29, 1.82) is 0 Å². The highest BCUT2D eigenvalue weighted by molar-refractivity contribution is 9.10. The van der Waals surface area contributed by atoms with Crippen molar-refractivity contribution in [1.82, 2.24) is 5.32 Å². The maximum atomic E-state index is 11.8. The van der Waals surface area contributed by atoms with Crippen molar-refractivity contribution in [3.63, 3.8) is 0 Å². The average molecular weight is 315 g/mol. The second kappa shape index (κ2) is 8.11. The Labute approximate surface area is 116 Å². The smallest absolute Gasteiger partial charge is 0.242 e. The van der Waals surface area contributed by atoms with E-state index in [1.165, 1.54) is 0 Å². The van der Waals surface area contributed by atoms with Gasteiger partial charge in [0.05, 0.1) is 0 Å². The summed E-state index contributed by atoms with van der Waals surface area (Å²) in [4.78, 5) is 11.8. The highest BCUT2D eigenvalue weighted by Crippen LogP contribution is 2.21. The predicted molar refractivity (Wildman–Crippen MR) is 76.7 cm³/mol. The molecular formula is C13H19BrN2O2. The molecule has 1 rings (SSSR count). The van der Waals surface area contributed by atoms with Crippen LogP contribution in [0.4, 0.5) is 5.69 Å². The fraction of sp³-hybridized carbons (Fsp3) is 0.462. The Morgan fingerprint density at radius 3 is 2.83 bits per heavy atom. The highest BCUT2D eigenvalue weighted by Gasteiger charge is 2.12. The number of halogens is 1. The number of anilines is 1. The van der Waals surface area contributed by atoms with Crippen LogP contribution >= 0.6 is 15.9 Å². The number of para-hydroxylation sites is 1. The monoisotopic (exact) mass is 314 g/mol. The van der Waals surface area contributed by atoms with E-state index in [-0.39, 0.29) is 11.9 Å². The van der Waals surface area contributed by atoms with Gasteiger partial charge in [0.25, 0.3) is 0 Å². The number of benzene rings is 1. The molecule has 0 bridgehead atoms. The molecule has 0 spiro atoms. The van der Waals surface area contributed by atoms with Gasteiger partial charge in [-0.3, -0.25) is 4.79 Å². The van der Waals surface area contributed by atoms with E-state index in [9.17, 15) is 4.79 Å². The summed E-state index contributed by atoms with van der Waals surface area (Å²) < 4.78 is 5.87. The minimum atomic E-state index is -0.272. The third-order valence-electron chi connectivity index (χ3n) is 2.46. The Morgan fingerprint density at radius 1 is 1.44 bits per heavy atom. The summed E-state index contributed by atoms with van der Waals surface area (Å²) in [5.74, 6) is -0.0122. The van der Waals surface area contributed by atoms with Crippen molar-refractivity contribution in [3.05, 3.63) is 28.7 Å². The Kier molecular flexibility index (Phi) is 6.75. The van der Waals surface area contributed by atoms with Gasteiger partial charge < -0.3 is 15.4 Å². The summed E-state index contributed by atoms with van der Waals surface area (Å²) >= 11 is 3.44. The van der Waals surface area contributed by atoms with Gasteiger partial charge in [-0.2, -0.15) is 0 Å². The number of rotatable bonds is 7. The predicted octanol–water partition coefficient (Wildman–Crippen LogP) is 2.40. The maximum absolute atomic E-state index is 11.8. The van der Waals surface area contributed by atoms with E-state index in [0.29, 0.717) is 13.2 Å². The van der Waals surface area contributed by atoms with Gasteiger partial charge in [-0.1, -0.05) is 12.1 Å². The van der Waals surface area contributed by atoms with Gasteiger partial charge in [-0.05, 0) is 41.4 Å². The molecule has 0 aliphatic heterocycles. The number of amides is 1. The summed E-state index contributed by atoms with van der Waals surface area (Å²) in [5, 5.41) is 6.02. The van der Waals surface area contributed by atoms with Gasteiger partial charge in [-0.25, -0.2) is 0 Å². The number of ether oxygens (including phenoxy) is 1. The van der Waals surface area contributed by atoms with Crippen LogP contribution in [0, 0.1) is 0 Å². The lowest BCUT2D eigenvalue weighted by atomic mass is 10.2. The molecule has 0 fully saturated rings. The molecule has 5 heteroatoms. The highest BCUT2D eigenvalue weighted by atomic mass is 79.9. The quantitative estimate of drug-likeness (QED) is 0.760. The number of methoxy groups -OCH3 is 1. The first-order valence-corrected chi connectivity index (χ1v) is 6.72. The molecular weight excluding hydrogens is 296 g/mol. The standard InChI is InChI=1S/C13H19BrN2O2/c1-10(13(17)15-8-5-9-18-2)16-12-7-4-3-6-11(12)14/h3-4,6-7,10,16H,5,8-9H2,1-2H3,(H,15,17). The van der Waals surface area contributed by atoms with Crippen LogP contribution in [0.2, 0.25) is 0 Å². The fourth-order valence-electron chi connectivity index (χ4n) is 1.46. The molecule has 0 aliphatic rings. The van der Waals surface area contributed by atoms with E-state index in [4.69, 9.17) is 4.74 Å². The summed E-state index contributed by atoms with van der Waals surface area (Å²) in [6, 6.07) is 7.46. The van der Waals surface area contributed by atoms with Gasteiger partial charge in [0.15, 0.2) is 0 Å². The molecule has 2 N–H and O–H groups in total. The first-order chi connectivity index (χ1) is 8.65. The fourth-order valence-corrected chi connectivity index (χ4v) is 1.86.